The monoisotopic (exact) mass is 180 g/mol. The van der Waals surface area contributed by atoms with Gasteiger partial charge in [-0.15, -0.1) is 0 Å². The summed E-state index contributed by atoms with van der Waals surface area (Å²) >= 11 is 0. The van der Waals surface area contributed by atoms with E-state index in [2.05, 4.69) is 0 Å². The average Bonchev–Trinajstić information content (AvgIpc) is 2.12. The molecule has 0 atom stereocenters. The molecule has 3 nitrogen and oxygen atoms in total. The predicted molar refractivity (Wildman–Crippen MR) is 49.0 cm³/mol. The van der Waals surface area contributed by atoms with E-state index in [4.69, 9.17) is 4.74 Å². The minimum atomic E-state index is 0.108. The first-order valence-corrected chi connectivity index (χ1v) is 4.16. The largest absolute Gasteiger partial charge is 0.504 e. The van der Waals surface area contributed by atoms with E-state index in [1.54, 1.807) is 12.1 Å². The van der Waals surface area contributed by atoms with Gasteiger partial charge in [0.1, 0.15) is 6.29 Å². The number of aromatic hydroxyl groups is 1. The topological polar surface area (TPSA) is 46.5 Å². The molecule has 1 aromatic carbocycles. The van der Waals surface area contributed by atoms with Crippen LogP contribution in [0.2, 0.25) is 0 Å². The van der Waals surface area contributed by atoms with E-state index in [0.29, 0.717) is 18.8 Å². The first-order valence-electron chi connectivity index (χ1n) is 4.16. The van der Waals surface area contributed by atoms with Crippen LogP contribution in [0, 0.1) is 0 Å². The van der Waals surface area contributed by atoms with Crippen LogP contribution in [0.5, 0.6) is 11.5 Å². The number of ether oxygens (including phenoxy) is 1. The van der Waals surface area contributed by atoms with Gasteiger partial charge in [-0.25, -0.2) is 0 Å². The molecule has 0 amide bonds. The quantitative estimate of drug-likeness (QED) is 0.715. The zero-order valence-electron chi connectivity index (χ0n) is 7.49. The fourth-order valence-corrected chi connectivity index (χ4v) is 1.05. The van der Waals surface area contributed by atoms with Crippen molar-refractivity contribution in [2.24, 2.45) is 0 Å². The highest BCUT2D eigenvalue weighted by molar-refractivity contribution is 5.56. The second-order valence-electron chi connectivity index (χ2n) is 2.61. The molecule has 70 valence electrons. The average molecular weight is 180 g/mol. The molecule has 13 heavy (non-hydrogen) atoms. The normalized spacial score (nSPS) is 9.62. The molecule has 0 aliphatic carbocycles. The fourth-order valence-electron chi connectivity index (χ4n) is 1.05. The molecular weight excluding hydrogens is 168 g/mol. The van der Waals surface area contributed by atoms with Crippen molar-refractivity contribution >= 4 is 6.29 Å². The van der Waals surface area contributed by atoms with E-state index in [9.17, 15) is 9.90 Å². The van der Waals surface area contributed by atoms with Crippen LogP contribution in [-0.4, -0.2) is 18.0 Å². The van der Waals surface area contributed by atoms with Gasteiger partial charge in [-0.3, -0.25) is 0 Å². The van der Waals surface area contributed by atoms with E-state index in [1.165, 1.54) is 6.07 Å². The van der Waals surface area contributed by atoms with Gasteiger partial charge in [0.15, 0.2) is 11.5 Å². The van der Waals surface area contributed by atoms with Gasteiger partial charge in [-0.05, 0) is 24.6 Å². The summed E-state index contributed by atoms with van der Waals surface area (Å²) in [6.07, 6.45) is 1.17. The maximum absolute atomic E-state index is 10.2. The molecule has 0 aromatic heterocycles. The summed E-state index contributed by atoms with van der Waals surface area (Å²) in [6, 6.07) is 4.91. The lowest BCUT2D eigenvalue weighted by Crippen LogP contribution is -1.93. The van der Waals surface area contributed by atoms with E-state index < -0.39 is 0 Å². The van der Waals surface area contributed by atoms with Crippen LogP contribution in [0.3, 0.4) is 0 Å². The van der Waals surface area contributed by atoms with Crippen molar-refractivity contribution in [2.45, 2.75) is 13.3 Å². The van der Waals surface area contributed by atoms with Gasteiger partial charge in [-0.2, -0.15) is 0 Å². The molecule has 0 heterocycles. The number of carbonyl (C=O) groups excluding carboxylic acids is 1. The number of rotatable bonds is 4. The van der Waals surface area contributed by atoms with Gasteiger partial charge in [0.2, 0.25) is 0 Å². The third-order valence-corrected chi connectivity index (χ3v) is 1.64. The highest BCUT2D eigenvalue weighted by atomic mass is 16.5. The highest BCUT2D eigenvalue weighted by Gasteiger charge is 2.02. The predicted octanol–water partition coefficient (Wildman–Crippen LogP) is 1.53. The smallest absolute Gasteiger partial charge is 0.161 e. The van der Waals surface area contributed by atoms with Crippen LogP contribution >= 0.6 is 0 Å². The third kappa shape index (κ3) is 2.47. The SMILES string of the molecule is CCOc1cc(CC=O)ccc1O. The zero-order chi connectivity index (χ0) is 9.68. The van der Waals surface area contributed by atoms with Gasteiger partial charge in [0.25, 0.3) is 0 Å². The molecule has 0 saturated heterocycles. The molecule has 0 bridgehead atoms. The summed E-state index contributed by atoms with van der Waals surface area (Å²) in [6.45, 7) is 2.34. The Kier molecular flexibility index (Phi) is 3.31. The second kappa shape index (κ2) is 4.50. The van der Waals surface area contributed by atoms with Crippen LogP contribution < -0.4 is 4.74 Å². The Labute approximate surface area is 77.0 Å². The van der Waals surface area contributed by atoms with Crippen LogP contribution in [-0.2, 0) is 11.2 Å². The Morgan fingerprint density at radius 2 is 2.31 bits per heavy atom. The van der Waals surface area contributed by atoms with E-state index >= 15 is 0 Å². The van der Waals surface area contributed by atoms with Crippen LogP contribution in [0.25, 0.3) is 0 Å². The number of phenolic OH excluding ortho intramolecular Hbond substituents is 1. The molecule has 1 aromatic rings. The molecule has 0 radical (unpaired) electrons. The van der Waals surface area contributed by atoms with E-state index in [-0.39, 0.29) is 5.75 Å². The molecule has 1 rings (SSSR count). The van der Waals surface area contributed by atoms with Gasteiger partial charge < -0.3 is 14.6 Å². The molecule has 3 heteroatoms. The maximum Gasteiger partial charge on any atom is 0.161 e. The lowest BCUT2D eigenvalue weighted by Gasteiger charge is -2.06. The summed E-state index contributed by atoms with van der Waals surface area (Å²) in [4.78, 5) is 10.2. The number of benzene rings is 1. The maximum atomic E-state index is 10.2. The summed E-state index contributed by atoms with van der Waals surface area (Å²) in [7, 11) is 0. The number of carbonyl (C=O) groups is 1. The summed E-state index contributed by atoms with van der Waals surface area (Å²) in [5.41, 5.74) is 0.844. The Balaban J connectivity index is 2.89. The fraction of sp³-hybridized carbons (Fsp3) is 0.300. The van der Waals surface area contributed by atoms with Crippen molar-refractivity contribution in [1.82, 2.24) is 0 Å². The molecule has 0 aliphatic heterocycles. The Morgan fingerprint density at radius 3 is 2.92 bits per heavy atom. The van der Waals surface area contributed by atoms with Gasteiger partial charge in [0, 0.05) is 6.42 Å². The third-order valence-electron chi connectivity index (χ3n) is 1.64. The summed E-state index contributed by atoms with van der Waals surface area (Å²) in [5, 5.41) is 9.32. The van der Waals surface area contributed by atoms with E-state index in [1.807, 2.05) is 6.92 Å². The van der Waals surface area contributed by atoms with Gasteiger partial charge in [0.05, 0.1) is 6.61 Å². The standard InChI is InChI=1S/C10H12O3/c1-2-13-10-7-8(5-6-11)3-4-9(10)12/h3-4,6-7,12H,2,5H2,1H3. The summed E-state index contributed by atoms with van der Waals surface area (Å²) in [5.74, 6) is 0.540. The first kappa shape index (κ1) is 9.58. The lowest BCUT2D eigenvalue weighted by molar-refractivity contribution is -0.107. The highest BCUT2D eigenvalue weighted by Crippen LogP contribution is 2.26. The Bertz CT molecular complexity index is 294. The number of hydrogen-bond donors (Lipinski definition) is 1. The molecule has 1 N–H and O–H groups in total. The zero-order valence-corrected chi connectivity index (χ0v) is 7.49. The van der Waals surface area contributed by atoms with Gasteiger partial charge >= 0.3 is 0 Å². The van der Waals surface area contributed by atoms with Crippen molar-refractivity contribution in [2.75, 3.05) is 6.61 Å². The van der Waals surface area contributed by atoms with Crippen molar-refractivity contribution in [3.8, 4) is 11.5 Å². The van der Waals surface area contributed by atoms with Crippen LogP contribution in [0.4, 0.5) is 0 Å². The minimum Gasteiger partial charge on any atom is -0.504 e. The second-order valence-corrected chi connectivity index (χ2v) is 2.61. The lowest BCUT2D eigenvalue weighted by atomic mass is 10.1. The number of aldehydes is 1. The molecular formula is C10H12O3. The first-order chi connectivity index (χ1) is 6.27. The van der Waals surface area contributed by atoms with E-state index in [0.717, 1.165) is 11.8 Å². The minimum absolute atomic E-state index is 0.108. The van der Waals surface area contributed by atoms with Crippen molar-refractivity contribution in [3.63, 3.8) is 0 Å². The molecule has 0 unspecified atom stereocenters. The molecule has 0 fully saturated rings. The van der Waals surface area contributed by atoms with Crippen LogP contribution in [0.1, 0.15) is 12.5 Å². The molecule has 0 saturated carbocycles. The number of phenols is 1. The van der Waals surface area contributed by atoms with Crippen LogP contribution in [0.15, 0.2) is 18.2 Å². The summed E-state index contributed by atoms with van der Waals surface area (Å²) < 4.78 is 5.16. The molecule has 0 spiro atoms. The van der Waals surface area contributed by atoms with Crippen molar-refractivity contribution in [3.05, 3.63) is 23.8 Å². The van der Waals surface area contributed by atoms with Crippen molar-refractivity contribution in [1.29, 1.82) is 0 Å². The number of hydrogen-bond acceptors (Lipinski definition) is 3. The van der Waals surface area contributed by atoms with Gasteiger partial charge in [-0.1, -0.05) is 6.07 Å². The Hall–Kier alpha value is -1.51. The Morgan fingerprint density at radius 1 is 1.54 bits per heavy atom. The van der Waals surface area contributed by atoms with Crippen molar-refractivity contribution < 1.29 is 14.6 Å². The molecule has 0 aliphatic rings.